The predicted molar refractivity (Wildman–Crippen MR) is 66.3 cm³/mol. The molecule has 3 rings (SSSR count). The number of aromatic nitrogens is 2. The molecular formula is C14H12N2O. The second-order valence-electron chi connectivity index (χ2n) is 3.90. The highest BCUT2D eigenvalue weighted by Gasteiger charge is 2.10. The van der Waals surface area contributed by atoms with Crippen LogP contribution >= 0.6 is 0 Å². The number of furan rings is 1. The van der Waals surface area contributed by atoms with E-state index in [4.69, 9.17) is 4.42 Å². The third-order valence-electron chi connectivity index (χ3n) is 2.84. The van der Waals surface area contributed by atoms with Gasteiger partial charge in [0.15, 0.2) is 0 Å². The Morgan fingerprint density at radius 3 is 2.59 bits per heavy atom. The van der Waals surface area contributed by atoms with Gasteiger partial charge in [-0.1, -0.05) is 30.3 Å². The Morgan fingerprint density at radius 1 is 1.06 bits per heavy atom. The summed E-state index contributed by atoms with van der Waals surface area (Å²) in [6.45, 7) is 0. The van der Waals surface area contributed by atoms with Crippen molar-refractivity contribution in [3.05, 3.63) is 55.1 Å². The molecule has 3 heteroatoms. The first-order valence-corrected chi connectivity index (χ1v) is 5.46. The van der Waals surface area contributed by atoms with Crippen molar-refractivity contribution in [2.24, 2.45) is 7.05 Å². The first kappa shape index (κ1) is 9.90. The molecule has 0 unspecified atom stereocenters. The third-order valence-corrected chi connectivity index (χ3v) is 2.84. The van der Waals surface area contributed by atoms with E-state index >= 15 is 0 Å². The molecule has 0 aliphatic heterocycles. The Hall–Kier alpha value is -2.29. The second kappa shape index (κ2) is 3.94. The van der Waals surface area contributed by atoms with Crippen molar-refractivity contribution in [2.75, 3.05) is 0 Å². The van der Waals surface area contributed by atoms with E-state index in [9.17, 15) is 0 Å². The summed E-state index contributed by atoms with van der Waals surface area (Å²) < 4.78 is 7.16. The van der Waals surface area contributed by atoms with Crippen molar-refractivity contribution in [3.63, 3.8) is 0 Å². The van der Waals surface area contributed by atoms with E-state index < -0.39 is 0 Å². The first-order valence-electron chi connectivity index (χ1n) is 5.46. The summed E-state index contributed by atoms with van der Waals surface area (Å²) in [5.41, 5.74) is 3.26. The van der Waals surface area contributed by atoms with E-state index in [-0.39, 0.29) is 0 Å². The standard InChI is InChI=1S/C14H12N2O/c1-16-13(11-5-3-2-4-6-11)9-15-14(16)12-7-8-17-10-12/h2-10H,1H3. The minimum Gasteiger partial charge on any atom is -0.472 e. The van der Waals surface area contributed by atoms with Crippen LogP contribution in [0, 0.1) is 0 Å². The average Bonchev–Trinajstić information content (AvgIpc) is 2.99. The lowest BCUT2D eigenvalue weighted by atomic mass is 10.2. The van der Waals surface area contributed by atoms with Gasteiger partial charge < -0.3 is 8.98 Å². The fraction of sp³-hybridized carbons (Fsp3) is 0.0714. The van der Waals surface area contributed by atoms with Gasteiger partial charge in [0.05, 0.1) is 23.7 Å². The van der Waals surface area contributed by atoms with Crippen LogP contribution in [-0.2, 0) is 7.05 Å². The van der Waals surface area contributed by atoms with Gasteiger partial charge in [-0.15, -0.1) is 0 Å². The van der Waals surface area contributed by atoms with Crippen LogP contribution < -0.4 is 0 Å². The molecule has 0 atom stereocenters. The quantitative estimate of drug-likeness (QED) is 0.668. The maximum atomic E-state index is 5.09. The van der Waals surface area contributed by atoms with Gasteiger partial charge in [-0.3, -0.25) is 0 Å². The van der Waals surface area contributed by atoms with Gasteiger partial charge in [0.1, 0.15) is 12.1 Å². The fourth-order valence-electron chi connectivity index (χ4n) is 1.95. The molecule has 0 saturated heterocycles. The fourth-order valence-corrected chi connectivity index (χ4v) is 1.95. The van der Waals surface area contributed by atoms with Crippen molar-refractivity contribution in [1.82, 2.24) is 9.55 Å². The minimum absolute atomic E-state index is 0.914. The van der Waals surface area contributed by atoms with Crippen molar-refractivity contribution in [3.8, 4) is 22.6 Å². The molecule has 2 heterocycles. The lowest BCUT2D eigenvalue weighted by Gasteiger charge is -2.04. The second-order valence-corrected chi connectivity index (χ2v) is 3.90. The van der Waals surface area contributed by atoms with E-state index in [2.05, 4.69) is 21.7 Å². The highest BCUT2D eigenvalue weighted by atomic mass is 16.3. The zero-order valence-corrected chi connectivity index (χ0v) is 9.50. The maximum absolute atomic E-state index is 5.09. The molecule has 0 N–H and O–H groups in total. The summed E-state index contributed by atoms with van der Waals surface area (Å²) >= 11 is 0. The highest BCUT2D eigenvalue weighted by molar-refractivity contribution is 5.64. The zero-order valence-electron chi connectivity index (χ0n) is 9.50. The number of hydrogen-bond acceptors (Lipinski definition) is 2. The Balaban J connectivity index is 2.10. The van der Waals surface area contributed by atoms with Crippen LogP contribution in [0.15, 0.2) is 59.5 Å². The molecule has 0 radical (unpaired) electrons. The smallest absolute Gasteiger partial charge is 0.143 e. The van der Waals surface area contributed by atoms with Crippen LogP contribution in [0.4, 0.5) is 0 Å². The van der Waals surface area contributed by atoms with E-state index in [0.717, 1.165) is 22.6 Å². The summed E-state index contributed by atoms with van der Waals surface area (Å²) in [4.78, 5) is 4.44. The molecule has 0 spiro atoms. The minimum atomic E-state index is 0.914. The van der Waals surface area contributed by atoms with Crippen LogP contribution in [0.3, 0.4) is 0 Å². The Bertz CT molecular complexity index is 609. The maximum Gasteiger partial charge on any atom is 0.143 e. The van der Waals surface area contributed by atoms with E-state index in [0.29, 0.717) is 0 Å². The van der Waals surface area contributed by atoms with Gasteiger partial charge in [0.2, 0.25) is 0 Å². The summed E-state index contributed by atoms with van der Waals surface area (Å²) in [6, 6.07) is 12.1. The van der Waals surface area contributed by atoms with Gasteiger partial charge in [-0.05, 0) is 11.6 Å². The lowest BCUT2D eigenvalue weighted by Crippen LogP contribution is -1.94. The van der Waals surface area contributed by atoms with E-state index in [1.807, 2.05) is 37.5 Å². The molecule has 0 fully saturated rings. The van der Waals surface area contributed by atoms with Gasteiger partial charge in [0.25, 0.3) is 0 Å². The first-order chi connectivity index (χ1) is 8.36. The topological polar surface area (TPSA) is 31.0 Å². The Kier molecular flexibility index (Phi) is 2.29. The molecule has 17 heavy (non-hydrogen) atoms. The van der Waals surface area contributed by atoms with Crippen LogP contribution in [0.5, 0.6) is 0 Å². The molecule has 0 aliphatic rings. The summed E-state index contributed by atoms with van der Waals surface area (Å²) in [7, 11) is 2.01. The van der Waals surface area contributed by atoms with Gasteiger partial charge >= 0.3 is 0 Å². The number of rotatable bonds is 2. The molecule has 0 bridgehead atoms. The Morgan fingerprint density at radius 2 is 1.88 bits per heavy atom. The van der Waals surface area contributed by atoms with Crippen molar-refractivity contribution in [1.29, 1.82) is 0 Å². The normalized spacial score (nSPS) is 10.6. The molecule has 3 aromatic rings. The van der Waals surface area contributed by atoms with Crippen LogP contribution in [0.25, 0.3) is 22.6 Å². The van der Waals surface area contributed by atoms with Crippen LogP contribution in [0.1, 0.15) is 0 Å². The third kappa shape index (κ3) is 1.65. The van der Waals surface area contributed by atoms with Gasteiger partial charge in [0, 0.05) is 7.05 Å². The van der Waals surface area contributed by atoms with Crippen molar-refractivity contribution in [2.45, 2.75) is 0 Å². The average molecular weight is 224 g/mol. The summed E-state index contributed by atoms with van der Waals surface area (Å²) in [5, 5.41) is 0. The predicted octanol–water partition coefficient (Wildman–Crippen LogP) is 3.35. The van der Waals surface area contributed by atoms with Gasteiger partial charge in [-0.25, -0.2) is 4.98 Å². The lowest BCUT2D eigenvalue weighted by molar-refractivity contribution is 0.567. The largest absolute Gasteiger partial charge is 0.472 e. The Labute approximate surface area is 99.3 Å². The van der Waals surface area contributed by atoms with Gasteiger partial charge in [-0.2, -0.15) is 0 Å². The van der Waals surface area contributed by atoms with E-state index in [1.165, 1.54) is 0 Å². The summed E-state index contributed by atoms with van der Waals surface area (Å²) in [6.07, 6.45) is 5.25. The number of benzene rings is 1. The molecule has 3 nitrogen and oxygen atoms in total. The molecule has 0 aliphatic carbocycles. The monoisotopic (exact) mass is 224 g/mol. The summed E-state index contributed by atoms with van der Waals surface area (Å²) in [5.74, 6) is 0.914. The zero-order chi connectivity index (χ0) is 11.7. The highest BCUT2D eigenvalue weighted by Crippen LogP contribution is 2.25. The molecule has 0 amide bonds. The number of imidazole rings is 1. The number of nitrogens with zero attached hydrogens (tertiary/aromatic N) is 2. The van der Waals surface area contributed by atoms with E-state index in [1.54, 1.807) is 12.5 Å². The van der Waals surface area contributed by atoms with Crippen LogP contribution in [0.2, 0.25) is 0 Å². The number of hydrogen-bond donors (Lipinski definition) is 0. The molecule has 84 valence electrons. The molecular weight excluding hydrogens is 212 g/mol. The van der Waals surface area contributed by atoms with Crippen LogP contribution in [-0.4, -0.2) is 9.55 Å². The van der Waals surface area contributed by atoms with Crippen molar-refractivity contribution >= 4 is 0 Å². The van der Waals surface area contributed by atoms with Crippen molar-refractivity contribution < 1.29 is 4.42 Å². The molecule has 2 aromatic heterocycles. The molecule has 1 aromatic carbocycles. The molecule has 0 saturated carbocycles. The SMILES string of the molecule is Cn1c(-c2ccccc2)cnc1-c1ccoc1.